The van der Waals surface area contributed by atoms with Gasteiger partial charge in [-0.1, -0.05) is 12.1 Å². The molecule has 0 radical (unpaired) electrons. The van der Waals surface area contributed by atoms with Crippen LogP contribution in [0.15, 0.2) is 67.0 Å². The second-order valence-electron chi connectivity index (χ2n) is 9.23. The van der Waals surface area contributed by atoms with Crippen molar-refractivity contribution < 1.29 is 19.1 Å². The van der Waals surface area contributed by atoms with Crippen LogP contribution in [-0.2, 0) is 16.1 Å². The Balaban J connectivity index is 1.40. The van der Waals surface area contributed by atoms with Crippen LogP contribution in [0.2, 0.25) is 0 Å². The highest BCUT2D eigenvalue weighted by Crippen LogP contribution is 2.33. The molecule has 2 heterocycles. The van der Waals surface area contributed by atoms with Crippen molar-refractivity contribution in [1.29, 1.82) is 0 Å². The van der Waals surface area contributed by atoms with E-state index in [1.807, 2.05) is 24.3 Å². The minimum atomic E-state index is -0.587. The first-order chi connectivity index (χ1) is 18.4. The maximum Gasteiger partial charge on any atom is 0.255 e. The van der Waals surface area contributed by atoms with Gasteiger partial charge >= 0.3 is 0 Å². The van der Waals surface area contributed by atoms with Crippen molar-refractivity contribution in [2.24, 2.45) is 11.6 Å². The van der Waals surface area contributed by atoms with Crippen LogP contribution < -0.4 is 31.5 Å². The Morgan fingerprint density at radius 3 is 2.66 bits per heavy atom. The largest absolute Gasteiger partial charge is 0.487 e. The molecule has 0 aliphatic carbocycles. The predicted molar refractivity (Wildman–Crippen MR) is 148 cm³/mol. The Hall–Kier alpha value is -4.02. The maximum absolute atomic E-state index is 13.1. The lowest BCUT2D eigenvalue weighted by Crippen LogP contribution is -2.46. The summed E-state index contributed by atoms with van der Waals surface area (Å²) in [5.74, 6) is 6.38. The summed E-state index contributed by atoms with van der Waals surface area (Å²) in [6.45, 7) is 7.28. The van der Waals surface area contributed by atoms with Crippen molar-refractivity contribution >= 4 is 23.2 Å². The summed E-state index contributed by atoms with van der Waals surface area (Å²) in [5.41, 5.74) is 9.80. The third-order valence-electron chi connectivity index (χ3n) is 6.75. The molecule has 2 aromatic carbocycles. The molecule has 2 aliphatic heterocycles. The molecule has 2 aromatic rings. The van der Waals surface area contributed by atoms with Gasteiger partial charge in [0.1, 0.15) is 18.4 Å². The van der Waals surface area contributed by atoms with Crippen molar-refractivity contribution in [3.63, 3.8) is 0 Å². The van der Waals surface area contributed by atoms with Crippen LogP contribution in [-0.4, -0.2) is 62.7 Å². The number of morpholine rings is 1. The highest BCUT2D eigenvalue weighted by molar-refractivity contribution is 6.01. The van der Waals surface area contributed by atoms with Gasteiger partial charge in [-0.05, 0) is 49.2 Å². The molecule has 0 saturated carbocycles. The summed E-state index contributed by atoms with van der Waals surface area (Å²) in [4.78, 5) is 29.5. The quantitative estimate of drug-likeness (QED) is 0.234. The fraction of sp³-hybridized carbons (Fsp3) is 0.357. The first-order valence-corrected chi connectivity index (χ1v) is 12.7. The average Bonchev–Trinajstić information content (AvgIpc) is 3.29. The van der Waals surface area contributed by atoms with E-state index in [2.05, 4.69) is 16.8 Å². The minimum Gasteiger partial charge on any atom is -0.487 e. The molecule has 38 heavy (non-hydrogen) atoms. The van der Waals surface area contributed by atoms with E-state index in [4.69, 9.17) is 21.1 Å². The lowest BCUT2D eigenvalue weighted by Gasteiger charge is -2.29. The van der Waals surface area contributed by atoms with E-state index in [0.717, 1.165) is 43.2 Å². The Morgan fingerprint density at radius 1 is 1.24 bits per heavy atom. The number of hydrogen-bond acceptors (Lipinski definition) is 8. The van der Waals surface area contributed by atoms with E-state index < -0.39 is 6.04 Å². The third kappa shape index (κ3) is 6.09. The summed E-state index contributed by atoms with van der Waals surface area (Å²) in [5, 5.41) is 4.11. The second-order valence-corrected chi connectivity index (χ2v) is 9.23. The van der Waals surface area contributed by atoms with Crippen molar-refractivity contribution in [3.05, 3.63) is 78.1 Å². The predicted octanol–water partition coefficient (Wildman–Crippen LogP) is 2.12. The highest BCUT2D eigenvalue weighted by Gasteiger charge is 2.37. The van der Waals surface area contributed by atoms with Gasteiger partial charge in [0, 0.05) is 43.2 Å². The number of nitrogens with zero attached hydrogens (tertiary/aromatic N) is 3. The van der Waals surface area contributed by atoms with E-state index in [0.29, 0.717) is 29.9 Å². The molecule has 1 unspecified atom stereocenters. The number of hydrazine groups is 1. The Kier molecular flexibility index (Phi) is 8.88. The number of benzene rings is 2. The SMILES string of the molecule is C=CCCC(C(=O)NC)N1Cc2c(OC/C(N)=C/N(N)c3ccc(N4CCOCC4)cc3)cccc2C1=O. The molecular formula is C28H36N6O4. The Morgan fingerprint density at radius 2 is 1.97 bits per heavy atom. The van der Waals surface area contributed by atoms with Gasteiger partial charge in [-0.25, -0.2) is 5.84 Å². The first-order valence-electron chi connectivity index (χ1n) is 12.7. The van der Waals surface area contributed by atoms with E-state index in [1.165, 1.54) is 5.01 Å². The molecular weight excluding hydrogens is 484 g/mol. The van der Waals surface area contributed by atoms with Gasteiger partial charge in [0.2, 0.25) is 5.91 Å². The maximum atomic E-state index is 13.1. The zero-order chi connectivity index (χ0) is 27.1. The lowest BCUT2D eigenvalue weighted by atomic mass is 10.1. The summed E-state index contributed by atoms with van der Waals surface area (Å²) >= 11 is 0. The van der Waals surface area contributed by atoms with Crippen molar-refractivity contribution in [3.8, 4) is 5.75 Å². The molecule has 1 fully saturated rings. The summed E-state index contributed by atoms with van der Waals surface area (Å²) in [6, 6.07) is 12.7. The number of carbonyl (C=O) groups is 2. The fourth-order valence-electron chi connectivity index (χ4n) is 4.69. The monoisotopic (exact) mass is 520 g/mol. The number of anilines is 2. The number of rotatable bonds is 11. The van der Waals surface area contributed by atoms with Gasteiger partial charge < -0.3 is 30.3 Å². The van der Waals surface area contributed by atoms with E-state index >= 15 is 0 Å². The second kappa shape index (κ2) is 12.5. The third-order valence-corrected chi connectivity index (χ3v) is 6.75. The van der Waals surface area contributed by atoms with Crippen molar-refractivity contribution in [2.45, 2.75) is 25.4 Å². The molecule has 0 aromatic heterocycles. The van der Waals surface area contributed by atoms with Crippen molar-refractivity contribution in [2.75, 3.05) is 49.9 Å². The van der Waals surface area contributed by atoms with E-state index in [1.54, 1.807) is 42.4 Å². The molecule has 1 saturated heterocycles. The first kappa shape index (κ1) is 27.0. The summed E-state index contributed by atoms with van der Waals surface area (Å²) in [7, 11) is 1.57. The fourth-order valence-corrected chi connectivity index (χ4v) is 4.69. The highest BCUT2D eigenvalue weighted by atomic mass is 16.5. The number of nitrogens with one attached hydrogen (secondary N) is 1. The summed E-state index contributed by atoms with van der Waals surface area (Å²) < 4.78 is 11.4. The number of carbonyl (C=O) groups excluding carboxylic acids is 2. The van der Waals surface area contributed by atoms with Crippen LogP contribution in [0, 0.1) is 0 Å². The molecule has 2 amide bonds. The molecule has 10 heteroatoms. The Bertz CT molecular complexity index is 1180. The molecule has 10 nitrogen and oxygen atoms in total. The zero-order valence-corrected chi connectivity index (χ0v) is 21.8. The molecule has 1 atom stereocenters. The standard InChI is InChI=1S/C28H36N6O4/c1-3-4-7-25(27(35)31-2)33-18-24-23(28(33)36)6-5-8-26(24)38-19-20(29)17-34(30)22-11-9-21(10-12-22)32-13-15-37-16-14-32/h3,5-6,8-12,17,25H,1,4,7,13-16,18-19,29-30H2,2H3,(H,31,35)/b20-17-. The molecule has 2 aliphatic rings. The summed E-state index contributed by atoms with van der Waals surface area (Å²) in [6.07, 6.45) is 4.47. The zero-order valence-electron chi connectivity index (χ0n) is 21.8. The number of amides is 2. The Labute approximate surface area is 223 Å². The number of ether oxygens (including phenoxy) is 2. The lowest BCUT2D eigenvalue weighted by molar-refractivity contribution is -0.125. The van der Waals surface area contributed by atoms with Crippen LogP contribution in [0.4, 0.5) is 11.4 Å². The van der Waals surface area contributed by atoms with Gasteiger partial charge in [0.05, 0.1) is 31.1 Å². The van der Waals surface area contributed by atoms with Crippen LogP contribution in [0.5, 0.6) is 5.75 Å². The number of likely N-dealkylation sites (N-methyl/N-ethyl adjacent to an activating group) is 1. The van der Waals surface area contributed by atoms with Gasteiger partial charge in [-0.2, -0.15) is 0 Å². The topological polar surface area (TPSA) is 126 Å². The molecule has 0 spiro atoms. The van der Waals surface area contributed by atoms with Gasteiger partial charge in [0.15, 0.2) is 0 Å². The molecule has 202 valence electrons. The normalized spacial score (nSPS) is 16.2. The molecule has 0 bridgehead atoms. The number of allylic oxidation sites excluding steroid dienone is 1. The van der Waals surface area contributed by atoms with Crippen LogP contribution in [0.3, 0.4) is 0 Å². The number of nitrogens with two attached hydrogens (primary N) is 2. The van der Waals surface area contributed by atoms with Crippen LogP contribution >= 0.6 is 0 Å². The van der Waals surface area contributed by atoms with Gasteiger partial charge in [-0.15, -0.1) is 6.58 Å². The molecule has 4 rings (SSSR count). The van der Waals surface area contributed by atoms with Crippen LogP contribution in [0.1, 0.15) is 28.8 Å². The minimum absolute atomic E-state index is 0.0829. The number of hydrogen-bond donors (Lipinski definition) is 3. The van der Waals surface area contributed by atoms with E-state index in [9.17, 15) is 9.59 Å². The van der Waals surface area contributed by atoms with Crippen LogP contribution in [0.25, 0.3) is 0 Å². The average molecular weight is 521 g/mol. The van der Waals surface area contributed by atoms with Gasteiger partial charge in [0.25, 0.3) is 5.91 Å². The number of fused-ring (bicyclic) bond motifs is 1. The van der Waals surface area contributed by atoms with Gasteiger partial charge in [-0.3, -0.25) is 14.6 Å². The molecule has 5 N–H and O–H groups in total. The van der Waals surface area contributed by atoms with E-state index in [-0.39, 0.29) is 25.0 Å². The smallest absolute Gasteiger partial charge is 0.255 e. The van der Waals surface area contributed by atoms with Crippen molar-refractivity contribution in [1.82, 2.24) is 10.2 Å².